The molecule has 0 amide bonds. The Morgan fingerprint density at radius 3 is 2.54 bits per heavy atom. The van der Waals surface area contributed by atoms with Gasteiger partial charge in [-0.3, -0.25) is 10.1 Å². The van der Waals surface area contributed by atoms with Crippen LogP contribution in [0.2, 0.25) is 0 Å². The van der Waals surface area contributed by atoms with Crippen molar-refractivity contribution in [2.75, 3.05) is 5.32 Å². The van der Waals surface area contributed by atoms with Crippen molar-refractivity contribution in [1.29, 1.82) is 0 Å². The third kappa shape index (κ3) is 2.75. The molecule has 3 rings (SSSR count). The number of fused-ring (bicyclic) bond motifs is 1. The summed E-state index contributed by atoms with van der Waals surface area (Å²) in [5.74, 6) is -0.596. The SMILES string of the molecule is O=C1OC(Nc2ccc([N+](=O)[O-])c(C(F)(F)F)c2)c2ccccc21. The molecule has 1 N–H and O–H groups in total. The van der Waals surface area contributed by atoms with E-state index >= 15 is 0 Å². The Labute approximate surface area is 133 Å². The number of cyclic esters (lactones) is 1. The molecule has 9 heteroatoms. The molecule has 2 aromatic rings. The van der Waals surface area contributed by atoms with E-state index in [1.807, 2.05) is 0 Å². The van der Waals surface area contributed by atoms with Gasteiger partial charge in [-0.1, -0.05) is 18.2 Å². The summed E-state index contributed by atoms with van der Waals surface area (Å²) in [5, 5.41) is 13.4. The van der Waals surface area contributed by atoms with Crippen LogP contribution in [-0.4, -0.2) is 10.9 Å². The van der Waals surface area contributed by atoms with E-state index < -0.39 is 34.5 Å². The van der Waals surface area contributed by atoms with Crippen molar-refractivity contribution < 1.29 is 27.6 Å². The number of halogens is 3. The fraction of sp³-hybridized carbons (Fsp3) is 0.133. The average molecular weight is 338 g/mol. The Balaban J connectivity index is 1.95. The van der Waals surface area contributed by atoms with E-state index in [9.17, 15) is 28.1 Å². The number of nitrogens with zero attached hydrogens (tertiary/aromatic N) is 1. The molecule has 1 aliphatic heterocycles. The highest BCUT2D eigenvalue weighted by atomic mass is 19.4. The van der Waals surface area contributed by atoms with Crippen LogP contribution in [0.4, 0.5) is 24.5 Å². The molecule has 0 saturated carbocycles. The van der Waals surface area contributed by atoms with Gasteiger partial charge in [-0.15, -0.1) is 0 Å². The lowest BCUT2D eigenvalue weighted by Crippen LogP contribution is -2.13. The molecule has 0 aliphatic carbocycles. The van der Waals surface area contributed by atoms with Crippen LogP contribution in [0.5, 0.6) is 0 Å². The maximum atomic E-state index is 13.0. The number of carbonyl (C=O) groups excluding carboxylic acids is 1. The number of benzene rings is 2. The van der Waals surface area contributed by atoms with E-state index in [0.717, 1.165) is 12.1 Å². The molecule has 0 spiro atoms. The zero-order chi connectivity index (χ0) is 17.5. The van der Waals surface area contributed by atoms with Crippen molar-refractivity contribution in [2.45, 2.75) is 12.4 Å². The third-order valence-corrected chi connectivity index (χ3v) is 3.48. The first-order valence-electron chi connectivity index (χ1n) is 6.69. The maximum Gasteiger partial charge on any atom is 0.423 e. The van der Waals surface area contributed by atoms with Gasteiger partial charge in [0.2, 0.25) is 6.23 Å². The Morgan fingerprint density at radius 2 is 1.88 bits per heavy atom. The lowest BCUT2D eigenvalue weighted by atomic mass is 10.1. The van der Waals surface area contributed by atoms with Gasteiger partial charge in [0.15, 0.2) is 0 Å². The molecule has 2 aromatic carbocycles. The van der Waals surface area contributed by atoms with Gasteiger partial charge in [0.05, 0.1) is 10.5 Å². The minimum absolute atomic E-state index is 0.0533. The van der Waals surface area contributed by atoms with Crippen molar-refractivity contribution >= 4 is 17.3 Å². The summed E-state index contributed by atoms with van der Waals surface area (Å²) in [6, 6.07) is 8.94. The van der Waals surface area contributed by atoms with E-state index in [2.05, 4.69) is 5.32 Å². The van der Waals surface area contributed by atoms with Gasteiger partial charge < -0.3 is 10.1 Å². The number of ether oxygens (including phenoxy) is 1. The summed E-state index contributed by atoms with van der Waals surface area (Å²) >= 11 is 0. The molecular weight excluding hydrogens is 329 g/mol. The second-order valence-corrected chi connectivity index (χ2v) is 5.00. The number of nitro groups is 1. The molecule has 0 aromatic heterocycles. The van der Waals surface area contributed by atoms with Gasteiger partial charge in [-0.25, -0.2) is 4.79 Å². The number of nitro benzene ring substituents is 1. The van der Waals surface area contributed by atoms with E-state index in [1.165, 1.54) is 6.07 Å². The van der Waals surface area contributed by atoms with E-state index in [1.54, 1.807) is 18.2 Å². The number of hydrogen-bond donors (Lipinski definition) is 1. The monoisotopic (exact) mass is 338 g/mol. The van der Waals surface area contributed by atoms with Gasteiger partial charge in [0.25, 0.3) is 5.69 Å². The minimum Gasteiger partial charge on any atom is -0.434 e. The number of hydrogen-bond acceptors (Lipinski definition) is 5. The van der Waals surface area contributed by atoms with Crippen LogP contribution in [0, 0.1) is 10.1 Å². The molecule has 124 valence electrons. The molecule has 0 saturated heterocycles. The Morgan fingerprint density at radius 1 is 1.17 bits per heavy atom. The van der Waals surface area contributed by atoms with E-state index in [0.29, 0.717) is 17.2 Å². The molecule has 1 aliphatic rings. The van der Waals surface area contributed by atoms with E-state index in [-0.39, 0.29) is 5.69 Å². The zero-order valence-electron chi connectivity index (χ0n) is 11.8. The minimum atomic E-state index is -4.88. The number of rotatable bonds is 3. The molecule has 6 nitrogen and oxygen atoms in total. The normalized spacial score (nSPS) is 16.5. The van der Waals surface area contributed by atoms with Crippen LogP contribution in [0.25, 0.3) is 0 Å². The quantitative estimate of drug-likeness (QED) is 0.521. The van der Waals surface area contributed by atoms with Gasteiger partial charge >= 0.3 is 12.1 Å². The van der Waals surface area contributed by atoms with Crippen LogP contribution in [0.3, 0.4) is 0 Å². The maximum absolute atomic E-state index is 13.0. The first-order chi connectivity index (χ1) is 11.3. The van der Waals surface area contributed by atoms with Gasteiger partial charge in [-0.2, -0.15) is 13.2 Å². The Hall–Kier alpha value is -3.10. The predicted molar refractivity (Wildman–Crippen MR) is 76.3 cm³/mol. The van der Waals surface area contributed by atoms with Gasteiger partial charge in [0.1, 0.15) is 5.56 Å². The molecule has 24 heavy (non-hydrogen) atoms. The second kappa shape index (κ2) is 5.52. The van der Waals surface area contributed by atoms with Crippen LogP contribution in [0.15, 0.2) is 42.5 Å². The summed E-state index contributed by atoms with van der Waals surface area (Å²) in [5.41, 5.74) is -1.68. The largest absolute Gasteiger partial charge is 0.434 e. The number of anilines is 1. The van der Waals surface area contributed by atoms with Gasteiger partial charge in [-0.05, 0) is 18.2 Å². The topological polar surface area (TPSA) is 81.5 Å². The highest BCUT2D eigenvalue weighted by molar-refractivity contribution is 5.94. The van der Waals surface area contributed by atoms with Crippen LogP contribution in [-0.2, 0) is 10.9 Å². The number of carbonyl (C=O) groups is 1. The lowest BCUT2D eigenvalue weighted by Gasteiger charge is -2.16. The average Bonchev–Trinajstić information content (AvgIpc) is 2.83. The molecule has 0 fully saturated rings. The fourth-order valence-electron chi connectivity index (χ4n) is 2.42. The summed E-state index contributed by atoms with van der Waals surface area (Å²) in [4.78, 5) is 21.4. The van der Waals surface area contributed by atoms with Crippen molar-refractivity contribution in [3.05, 3.63) is 69.3 Å². The summed E-state index contributed by atoms with van der Waals surface area (Å²) < 4.78 is 44.0. The summed E-state index contributed by atoms with van der Waals surface area (Å²) in [6.45, 7) is 0. The Bertz CT molecular complexity index is 836. The number of esters is 1. The Kier molecular flexibility index (Phi) is 3.63. The molecule has 0 radical (unpaired) electrons. The van der Waals surface area contributed by atoms with Crippen molar-refractivity contribution in [1.82, 2.24) is 0 Å². The van der Waals surface area contributed by atoms with Crippen LogP contribution >= 0.6 is 0 Å². The molecule has 1 atom stereocenters. The van der Waals surface area contributed by atoms with Crippen LogP contribution in [0.1, 0.15) is 27.7 Å². The third-order valence-electron chi connectivity index (χ3n) is 3.48. The zero-order valence-corrected chi connectivity index (χ0v) is 11.8. The van der Waals surface area contributed by atoms with Gasteiger partial charge in [0, 0.05) is 17.3 Å². The first-order valence-corrected chi connectivity index (χ1v) is 6.69. The van der Waals surface area contributed by atoms with Crippen LogP contribution < -0.4 is 5.32 Å². The lowest BCUT2D eigenvalue weighted by molar-refractivity contribution is -0.388. The van der Waals surface area contributed by atoms with Crippen molar-refractivity contribution in [3.63, 3.8) is 0 Å². The number of nitrogens with one attached hydrogen (secondary N) is 1. The number of alkyl halides is 3. The van der Waals surface area contributed by atoms with Crippen molar-refractivity contribution in [2.24, 2.45) is 0 Å². The highest BCUT2D eigenvalue weighted by Gasteiger charge is 2.39. The smallest absolute Gasteiger partial charge is 0.423 e. The summed E-state index contributed by atoms with van der Waals surface area (Å²) in [7, 11) is 0. The first kappa shape index (κ1) is 15.8. The van der Waals surface area contributed by atoms with Crippen molar-refractivity contribution in [3.8, 4) is 0 Å². The molecular formula is C15H9F3N2O4. The highest BCUT2D eigenvalue weighted by Crippen LogP contribution is 2.39. The molecule has 0 bridgehead atoms. The fourth-order valence-corrected chi connectivity index (χ4v) is 2.42. The van der Waals surface area contributed by atoms with E-state index in [4.69, 9.17) is 4.74 Å². The predicted octanol–water partition coefficient (Wildman–Crippen LogP) is 3.89. The summed E-state index contributed by atoms with van der Waals surface area (Å²) in [6.07, 6.45) is -5.85. The molecule has 1 heterocycles. The molecule has 1 unspecified atom stereocenters. The standard InChI is InChI=1S/C15H9F3N2O4/c16-15(17,18)11-7-8(5-6-12(11)20(22)23)19-13-9-3-1-2-4-10(9)14(21)24-13/h1-7,13,19H. The second-order valence-electron chi connectivity index (χ2n) is 5.00.